The SMILES string of the molecule is C=CC(Cl)CCI. The minimum Gasteiger partial charge on any atom is -0.118 e. The molecule has 0 saturated carbocycles. The van der Waals surface area contributed by atoms with E-state index in [9.17, 15) is 0 Å². The molecule has 42 valence electrons. The van der Waals surface area contributed by atoms with Gasteiger partial charge < -0.3 is 0 Å². The Balaban J connectivity index is 2.98. The number of hydrogen-bond acceptors (Lipinski definition) is 0. The zero-order chi connectivity index (χ0) is 5.70. The second kappa shape index (κ2) is 4.91. The quantitative estimate of drug-likeness (QED) is 0.397. The third kappa shape index (κ3) is 4.62. The van der Waals surface area contributed by atoms with Crippen molar-refractivity contribution in [2.24, 2.45) is 0 Å². The summed E-state index contributed by atoms with van der Waals surface area (Å²) in [7, 11) is 0. The Kier molecular flexibility index (Phi) is 5.44. The first-order valence-electron chi connectivity index (χ1n) is 2.14. The van der Waals surface area contributed by atoms with E-state index < -0.39 is 0 Å². The monoisotopic (exact) mass is 230 g/mol. The van der Waals surface area contributed by atoms with Gasteiger partial charge in [-0.25, -0.2) is 0 Å². The Morgan fingerprint density at radius 1 is 1.86 bits per heavy atom. The van der Waals surface area contributed by atoms with Crippen LogP contribution in [0.2, 0.25) is 0 Å². The summed E-state index contributed by atoms with van der Waals surface area (Å²) in [5, 5.41) is 0.178. The fraction of sp³-hybridized carbons (Fsp3) is 0.600. The zero-order valence-corrected chi connectivity index (χ0v) is 6.95. The summed E-state index contributed by atoms with van der Waals surface area (Å²) in [4.78, 5) is 0. The van der Waals surface area contributed by atoms with Crippen LogP contribution in [0.4, 0.5) is 0 Å². The van der Waals surface area contributed by atoms with E-state index in [4.69, 9.17) is 11.6 Å². The smallest absolute Gasteiger partial charge is 0.0520 e. The molecule has 7 heavy (non-hydrogen) atoms. The van der Waals surface area contributed by atoms with Crippen molar-refractivity contribution in [3.63, 3.8) is 0 Å². The van der Waals surface area contributed by atoms with Crippen molar-refractivity contribution in [1.29, 1.82) is 0 Å². The van der Waals surface area contributed by atoms with E-state index in [1.807, 2.05) is 0 Å². The van der Waals surface area contributed by atoms with Crippen LogP contribution in [0.3, 0.4) is 0 Å². The van der Waals surface area contributed by atoms with Gasteiger partial charge in [0.25, 0.3) is 0 Å². The predicted molar refractivity (Wildman–Crippen MR) is 43.3 cm³/mol. The van der Waals surface area contributed by atoms with E-state index in [0.717, 1.165) is 10.8 Å². The van der Waals surface area contributed by atoms with Gasteiger partial charge >= 0.3 is 0 Å². The summed E-state index contributed by atoms with van der Waals surface area (Å²) in [5.74, 6) is 0. The van der Waals surface area contributed by atoms with Crippen molar-refractivity contribution in [3.8, 4) is 0 Å². The first-order valence-corrected chi connectivity index (χ1v) is 4.10. The standard InChI is InChI=1S/C5H8ClI/c1-2-5(6)3-4-7/h2,5H,1,3-4H2. The molecule has 0 bridgehead atoms. The van der Waals surface area contributed by atoms with Crippen LogP contribution in [0.15, 0.2) is 12.7 Å². The van der Waals surface area contributed by atoms with Gasteiger partial charge in [-0.15, -0.1) is 18.2 Å². The first kappa shape index (κ1) is 7.76. The summed E-state index contributed by atoms with van der Waals surface area (Å²) in [6.07, 6.45) is 2.80. The summed E-state index contributed by atoms with van der Waals surface area (Å²) in [5.41, 5.74) is 0. The Hall–Kier alpha value is 0.760. The van der Waals surface area contributed by atoms with Gasteiger partial charge in [-0.05, 0) is 6.42 Å². The molecule has 0 radical (unpaired) electrons. The topological polar surface area (TPSA) is 0 Å². The van der Waals surface area contributed by atoms with E-state index in [0.29, 0.717) is 0 Å². The lowest BCUT2D eigenvalue weighted by Gasteiger charge is -1.94. The number of alkyl halides is 2. The average molecular weight is 230 g/mol. The summed E-state index contributed by atoms with van der Waals surface area (Å²) < 4.78 is 1.11. The summed E-state index contributed by atoms with van der Waals surface area (Å²) in [6.45, 7) is 3.54. The van der Waals surface area contributed by atoms with Gasteiger partial charge in [-0.1, -0.05) is 28.7 Å². The minimum atomic E-state index is 0.178. The lowest BCUT2D eigenvalue weighted by Crippen LogP contribution is -1.90. The largest absolute Gasteiger partial charge is 0.118 e. The molecular formula is C5H8ClI. The first-order chi connectivity index (χ1) is 3.31. The highest BCUT2D eigenvalue weighted by Crippen LogP contribution is 2.03. The number of halogens is 2. The van der Waals surface area contributed by atoms with Gasteiger partial charge in [-0.3, -0.25) is 0 Å². The van der Waals surface area contributed by atoms with Crippen LogP contribution in [0.25, 0.3) is 0 Å². The number of hydrogen-bond donors (Lipinski definition) is 0. The van der Waals surface area contributed by atoms with Crippen LogP contribution >= 0.6 is 34.2 Å². The molecule has 0 spiro atoms. The van der Waals surface area contributed by atoms with Crippen molar-refractivity contribution < 1.29 is 0 Å². The Bertz CT molecular complexity index is 54.0. The maximum absolute atomic E-state index is 5.64. The Morgan fingerprint density at radius 2 is 2.43 bits per heavy atom. The lowest BCUT2D eigenvalue weighted by molar-refractivity contribution is 0.997. The maximum Gasteiger partial charge on any atom is 0.0520 e. The molecule has 1 atom stereocenters. The van der Waals surface area contributed by atoms with Crippen LogP contribution in [0.1, 0.15) is 6.42 Å². The minimum absolute atomic E-state index is 0.178. The van der Waals surface area contributed by atoms with Crippen LogP contribution < -0.4 is 0 Å². The molecule has 0 fully saturated rings. The molecule has 0 nitrogen and oxygen atoms in total. The van der Waals surface area contributed by atoms with Gasteiger partial charge in [0.05, 0.1) is 5.38 Å². The fourth-order valence-electron chi connectivity index (χ4n) is 0.222. The van der Waals surface area contributed by atoms with Crippen LogP contribution in [-0.2, 0) is 0 Å². The summed E-state index contributed by atoms with van der Waals surface area (Å²) in [6, 6.07) is 0. The van der Waals surface area contributed by atoms with E-state index in [1.54, 1.807) is 6.08 Å². The molecule has 0 heterocycles. The van der Waals surface area contributed by atoms with Gasteiger partial charge in [0.15, 0.2) is 0 Å². The molecule has 0 aromatic carbocycles. The number of rotatable bonds is 3. The molecule has 0 aliphatic heterocycles. The molecule has 0 saturated heterocycles. The molecule has 0 amide bonds. The maximum atomic E-state index is 5.64. The van der Waals surface area contributed by atoms with E-state index in [2.05, 4.69) is 29.2 Å². The highest BCUT2D eigenvalue weighted by Gasteiger charge is 1.92. The predicted octanol–water partition coefficient (Wildman–Crippen LogP) is 2.60. The van der Waals surface area contributed by atoms with E-state index in [-0.39, 0.29) is 5.38 Å². The second-order valence-electron chi connectivity index (χ2n) is 1.23. The van der Waals surface area contributed by atoms with Crippen molar-refractivity contribution in [1.82, 2.24) is 0 Å². The highest BCUT2D eigenvalue weighted by molar-refractivity contribution is 14.1. The molecule has 0 N–H and O–H groups in total. The van der Waals surface area contributed by atoms with Crippen LogP contribution in [0, 0.1) is 0 Å². The highest BCUT2D eigenvalue weighted by atomic mass is 127. The average Bonchev–Trinajstić information content (AvgIpc) is 1.68. The van der Waals surface area contributed by atoms with Gasteiger partial charge in [0, 0.05) is 4.43 Å². The molecule has 0 rings (SSSR count). The van der Waals surface area contributed by atoms with Crippen molar-refractivity contribution in [2.75, 3.05) is 4.43 Å². The lowest BCUT2D eigenvalue weighted by atomic mass is 10.3. The molecule has 2 heteroatoms. The van der Waals surface area contributed by atoms with Gasteiger partial charge in [0.1, 0.15) is 0 Å². The molecule has 1 unspecified atom stereocenters. The Morgan fingerprint density at radius 3 is 2.57 bits per heavy atom. The molecule has 0 aliphatic rings. The van der Waals surface area contributed by atoms with E-state index >= 15 is 0 Å². The molecule has 0 aromatic rings. The normalized spacial score (nSPS) is 13.4. The van der Waals surface area contributed by atoms with Crippen molar-refractivity contribution >= 4 is 34.2 Å². The molecule has 0 aliphatic carbocycles. The van der Waals surface area contributed by atoms with Gasteiger partial charge in [-0.2, -0.15) is 0 Å². The van der Waals surface area contributed by atoms with Crippen LogP contribution in [0.5, 0.6) is 0 Å². The van der Waals surface area contributed by atoms with Crippen molar-refractivity contribution in [3.05, 3.63) is 12.7 Å². The van der Waals surface area contributed by atoms with Crippen molar-refractivity contribution in [2.45, 2.75) is 11.8 Å². The van der Waals surface area contributed by atoms with E-state index in [1.165, 1.54) is 0 Å². The zero-order valence-electron chi connectivity index (χ0n) is 4.03. The Labute approximate surface area is 63.1 Å². The molecular weight excluding hydrogens is 222 g/mol. The molecule has 0 aromatic heterocycles. The third-order valence-electron chi connectivity index (χ3n) is 0.641. The van der Waals surface area contributed by atoms with Crippen LogP contribution in [-0.4, -0.2) is 9.80 Å². The fourth-order valence-corrected chi connectivity index (χ4v) is 1.37. The van der Waals surface area contributed by atoms with Gasteiger partial charge in [0.2, 0.25) is 0 Å². The number of allylic oxidation sites excluding steroid dienone is 1. The summed E-state index contributed by atoms with van der Waals surface area (Å²) >= 11 is 7.94. The second-order valence-corrected chi connectivity index (χ2v) is 2.87. The third-order valence-corrected chi connectivity index (χ3v) is 1.66.